The van der Waals surface area contributed by atoms with Crippen molar-refractivity contribution in [3.63, 3.8) is 0 Å². The lowest BCUT2D eigenvalue weighted by atomic mass is 9.93. The van der Waals surface area contributed by atoms with E-state index in [9.17, 15) is 0 Å². The molecular formula is C14H23N3. The Morgan fingerprint density at radius 1 is 1.41 bits per heavy atom. The summed E-state index contributed by atoms with van der Waals surface area (Å²) < 4.78 is 1.96. The van der Waals surface area contributed by atoms with Gasteiger partial charge in [0.05, 0.1) is 6.20 Å². The van der Waals surface area contributed by atoms with E-state index in [2.05, 4.69) is 24.3 Å². The minimum absolute atomic E-state index is 0.244. The predicted octanol–water partition coefficient (Wildman–Crippen LogP) is 2.66. The van der Waals surface area contributed by atoms with Gasteiger partial charge in [0.1, 0.15) is 0 Å². The number of aryl methyl sites for hydroxylation is 1. The summed E-state index contributed by atoms with van der Waals surface area (Å²) >= 11 is 0. The smallest absolute Gasteiger partial charge is 0.0522 e. The molecule has 1 aromatic rings. The molecule has 1 aliphatic carbocycles. The van der Waals surface area contributed by atoms with Gasteiger partial charge < -0.3 is 5.73 Å². The van der Waals surface area contributed by atoms with Crippen LogP contribution in [0.15, 0.2) is 24.0 Å². The van der Waals surface area contributed by atoms with Crippen LogP contribution in [0.1, 0.15) is 44.6 Å². The number of hydrogen-bond acceptors (Lipinski definition) is 2. The van der Waals surface area contributed by atoms with Crippen LogP contribution in [-0.2, 0) is 13.0 Å². The summed E-state index contributed by atoms with van der Waals surface area (Å²) in [5, 5.41) is 4.28. The fourth-order valence-corrected chi connectivity index (χ4v) is 2.49. The number of nitrogens with two attached hydrogens (primary N) is 1. The number of hydrogen-bond donors (Lipinski definition) is 1. The quantitative estimate of drug-likeness (QED) is 0.795. The zero-order chi connectivity index (χ0) is 12.1. The van der Waals surface area contributed by atoms with Crippen molar-refractivity contribution in [3.8, 4) is 0 Å². The second kappa shape index (κ2) is 6.01. The molecule has 1 aromatic heterocycles. The molecule has 17 heavy (non-hydrogen) atoms. The van der Waals surface area contributed by atoms with Gasteiger partial charge in [-0.05, 0) is 51.0 Å². The Hall–Kier alpha value is -1.09. The molecule has 0 spiro atoms. The van der Waals surface area contributed by atoms with Gasteiger partial charge in [0, 0.05) is 18.8 Å². The van der Waals surface area contributed by atoms with Gasteiger partial charge in [-0.25, -0.2) is 0 Å². The molecule has 0 saturated carbocycles. The van der Waals surface area contributed by atoms with Crippen molar-refractivity contribution in [2.24, 2.45) is 5.73 Å². The van der Waals surface area contributed by atoms with Crippen molar-refractivity contribution in [1.82, 2.24) is 9.78 Å². The first kappa shape index (κ1) is 12.4. The Morgan fingerprint density at radius 3 is 2.94 bits per heavy atom. The molecule has 1 unspecified atom stereocenters. The first-order chi connectivity index (χ1) is 8.28. The van der Waals surface area contributed by atoms with E-state index in [1.165, 1.54) is 31.2 Å². The molecule has 1 heterocycles. The fourth-order valence-electron chi connectivity index (χ4n) is 2.49. The highest BCUT2D eigenvalue weighted by Gasteiger charge is 2.10. The van der Waals surface area contributed by atoms with Gasteiger partial charge in [0.2, 0.25) is 0 Å². The van der Waals surface area contributed by atoms with Crippen LogP contribution < -0.4 is 5.73 Å². The third kappa shape index (κ3) is 3.70. The molecule has 0 aliphatic heterocycles. The van der Waals surface area contributed by atoms with Crippen molar-refractivity contribution in [1.29, 1.82) is 0 Å². The summed E-state index contributed by atoms with van der Waals surface area (Å²) in [5.41, 5.74) is 9.03. The molecule has 3 nitrogen and oxygen atoms in total. The topological polar surface area (TPSA) is 43.8 Å². The average molecular weight is 233 g/mol. The number of allylic oxidation sites excluding steroid dienone is 1. The van der Waals surface area contributed by atoms with Gasteiger partial charge in [-0.2, -0.15) is 5.10 Å². The van der Waals surface area contributed by atoms with Crippen molar-refractivity contribution >= 4 is 0 Å². The zero-order valence-corrected chi connectivity index (χ0v) is 10.7. The minimum Gasteiger partial charge on any atom is -0.327 e. The summed E-state index contributed by atoms with van der Waals surface area (Å²) in [6.07, 6.45) is 13.6. The van der Waals surface area contributed by atoms with Crippen LogP contribution >= 0.6 is 0 Å². The molecule has 3 heteroatoms. The maximum Gasteiger partial charge on any atom is 0.0522 e. The van der Waals surface area contributed by atoms with Crippen molar-refractivity contribution in [2.45, 2.75) is 58.0 Å². The molecule has 2 N–H and O–H groups in total. The Morgan fingerprint density at radius 2 is 2.29 bits per heavy atom. The molecule has 2 rings (SSSR count). The largest absolute Gasteiger partial charge is 0.327 e. The van der Waals surface area contributed by atoms with Gasteiger partial charge in [-0.3, -0.25) is 4.68 Å². The Balaban J connectivity index is 1.83. The fraction of sp³-hybridized carbons (Fsp3) is 0.643. The van der Waals surface area contributed by atoms with E-state index in [0.717, 1.165) is 19.4 Å². The van der Waals surface area contributed by atoms with E-state index >= 15 is 0 Å². The lowest BCUT2D eigenvalue weighted by Crippen LogP contribution is -2.23. The number of rotatable bonds is 5. The van der Waals surface area contributed by atoms with Gasteiger partial charge in [-0.1, -0.05) is 11.6 Å². The summed E-state index contributed by atoms with van der Waals surface area (Å²) in [6.45, 7) is 3.03. The highest BCUT2D eigenvalue weighted by atomic mass is 15.3. The highest BCUT2D eigenvalue weighted by molar-refractivity contribution is 5.11. The number of nitrogens with zero attached hydrogens (tertiary/aromatic N) is 2. The van der Waals surface area contributed by atoms with Crippen molar-refractivity contribution < 1.29 is 0 Å². The Kier molecular flexibility index (Phi) is 4.37. The lowest BCUT2D eigenvalue weighted by molar-refractivity contribution is 0.604. The Bertz CT molecular complexity index is 379. The van der Waals surface area contributed by atoms with Crippen LogP contribution in [0.5, 0.6) is 0 Å². The number of aromatic nitrogens is 2. The standard InChI is InChI=1S/C14H23N3/c1-2-17-11-13(10-16-17)9-14(15)8-12-6-4-3-5-7-12/h6,10-11,14H,2-5,7-9,15H2,1H3. The summed E-state index contributed by atoms with van der Waals surface area (Å²) in [6, 6.07) is 0.244. The first-order valence-corrected chi connectivity index (χ1v) is 6.72. The molecule has 0 saturated heterocycles. The van der Waals surface area contributed by atoms with Crippen molar-refractivity contribution in [3.05, 3.63) is 29.6 Å². The van der Waals surface area contributed by atoms with Gasteiger partial charge in [0.15, 0.2) is 0 Å². The van der Waals surface area contributed by atoms with Gasteiger partial charge in [0.25, 0.3) is 0 Å². The van der Waals surface area contributed by atoms with E-state index < -0.39 is 0 Å². The van der Waals surface area contributed by atoms with E-state index in [-0.39, 0.29) is 6.04 Å². The monoisotopic (exact) mass is 233 g/mol. The molecule has 94 valence electrons. The molecule has 0 aromatic carbocycles. The van der Waals surface area contributed by atoms with E-state index in [1.807, 2.05) is 10.9 Å². The molecule has 1 atom stereocenters. The lowest BCUT2D eigenvalue weighted by Gasteiger charge is -2.16. The third-order valence-electron chi connectivity index (χ3n) is 3.42. The Labute approximate surface area is 104 Å². The predicted molar refractivity (Wildman–Crippen MR) is 70.7 cm³/mol. The summed E-state index contributed by atoms with van der Waals surface area (Å²) in [4.78, 5) is 0. The van der Waals surface area contributed by atoms with E-state index in [0.29, 0.717) is 0 Å². The van der Waals surface area contributed by atoms with Crippen LogP contribution in [0.4, 0.5) is 0 Å². The van der Waals surface area contributed by atoms with E-state index in [4.69, 9.17) is 5.73 Å². The van der Waals surface area contributed by atoms with Crippen molar-refractivity contribution in [2.75, 3.05) is 0 Å². The van der Waals surface area contributed by atoms with Crippen LogP contribution in [0.25, 0.3) is 0 Å². The van der Waals surface area contributed by atoms with Crippen LogP contribution in [0.2, 0.25) is 0 Å². The van der Waals surface area contributed by atoms with Gasteiger partial charge in [-0.15, -0.1) is 0 Å². The van der Waals surface area contributed by atoms with Gasteiger partial charge >= 0.3 is 0 Å². The molecular weight excluding hydrogens is 210 g/mol. The molecule has 0 amide bonds. The maximum absolute atomic E-state index is 6.21. The summed E-state index contributed by atoms with van der Waals surface area (Å²) in [5.74, 6) is 0. The molecule has 0 radical (unpaired) electrons. The molecule has 1 aliphatic rings. The van der Waals surface area contributed by atoms with E-state index in [1.54, 1.807) is 5.57 Å². The SMILES string of the molecule is CCn1cc(CC(N)CC2=CCCCC2)cn1. The normalized spacial score (nSPS) is 17.9. The average Bonchev–Trinajstić information content (AvgIpc) is 2.78. The minimum atomic E-state index is 0.244. The third-order valence-corrected chi connectivity index (χ3v) is 3.42. The zero-order valence-electron chi connectivity index (χ0n) is 10.7. The first-order valence-electron chi connectivity index (χ1n) is 6.72. The molecule has 0 bridgehead atoms. The maximum atomic E-state index is 6.21. The van der Waals surface area contributed by atoms with Crippen LogP contribution in [-0.4, -0.2) is 15.8 Å². The van der Waals surface area contributed by atoms with Crippen LogP contribution in [0.3, 0.4) is 0 Å². The second-order valence-electron chi connectivity index (χ2n) is 4.98. The highest BCUT2D eigenvalue weighted by Crippen LogP contribution is 2.21. The van der Waals surface area contributed by atoms with Crippen LogP contribution in [0, 0.1) is 0 Å². The second-order valence-corrected chi connectivity index (χ2v) is 4.98. The summed E-state index contributed by atoms with van der Waals surface area (Å²) in [7, 11) is 0. The molecule has 0 fully saturated rings.